The van der Waals surface area contributed by atoms with Crippen LogP contribution in [0.15, 0.2) is 103 Å². The molecule has 1 heterocycles. The van der Waals surface area contributed by atoms with E-state index in [1.807, 2.05) is 92.7 Å². The largest absolute Gasteiger partial charge is 0.494 e. The Hall–Kier alpha value is -5.17. The molecular weight excluding hydrogens is 849 g/mol. The van der Waals surface area contributed by atoms with Crippen LogP contribution in [-0.2, 0) is 14.4 Å². The predicted molar refractivity (Wildman–Crippen MR) is 273 cm³/mol. The normalized spacial score (nSPS) is 15.9. The Morgan fingerprint density at radius 1 is 0.706 bits per heavy atom. The standard InChI is InChI=1S/C59H80N2O7/c1-9-45(2)43-66-52-30-24-47(25-31-52)48-26-34-53(35-27-48)67-55(62)49-28-32-51(33-29-49)64-40-19-14-12-10-11-13-15-20-41-65-56(63)54(68-61-58(5,6)37-21-38-59(61,7)8)42-50(36-39-57(3,4)44-60)46-22-17-16-18-23-46/h16-18,22-35,45,50,54H,9-15,19-21,36-43H2,1-8H3. The maximum atomic E-state index is 13.9. The van der Waals surface area contributed by atoms with Crippen molar-refractivity contribution in [1.82, 2.24) is 5.06 Å². The molecule has 0 aliphatic carbocycles. The van der Waals surface area contributed by atoms with Gasteiger partial charge in [0.25, 0.3) is 0 Å². The second-order valence-corrected chi connectivity index (χ2v) is 20.9. The molecule has 9 nitrogen and oxygen atoms in total. The minimum atomic E-state index is -0.750. The first-order chi connectivity index (χ1) is 32.6. The molecule has 368 valence electrons. The number of carbonyl (C=O) groups excluding carboxylic acids is 2. The second-order valence-electron chi connectivity index (χ2n) is 20.9. The average molecular weight is 929 g/mol. The number of piperidine rings is 1. The van der Waals surface area contributed by atoms with Crippen molar-refractivity contribution in [1.29, 1.82) is 5.26 Å². The number of hydroxylamine groups is 2. The lowest BCUT2D eigenvalue weighted by atomic mass is 9.81. The van der Waals surface area contributed by atoms with Gasteiger partial charge in [0.1, 0.15) is 17.2 Å². The van der Waals surface area contributed by atoms with Crippen molar-refractivity contribution >= 4 is 11.9 Å². The fraction of sp³-hybridized carbons (Fsp3) is 0.542. The maximum absolute atomic E-state index is 13.9. The number of esters is 2. The van der Waals surface area contributed by atoms with E-state index in [2.05, 4.69) is 64.8 Å². The van der Waals surface area contributed by atoms with Crippen LogP contribution in [0.25, 0.3) is 11.1 Å². The molecule has 0 radical (unpaired) electrons. The highest BCUT2D eigenvalue weighted by atomic mass is 16.7. The maximum Gasteiger partial charge on any atom is 0.343 e. The Kier molecular flexibility index (Phi) is 21.0. The summed E-state index contributed by atoms with van der Waals surface area (Å²) < 4.78 is 23.5. The van der Waals surface area contributed by atoms with E-state index >= 15 is 0 Å². The predicted octanol–water partition coefficient (Wildman–Crippen LogP) is 14.9. The highest BCUT2D eigenvalue weighted by Gasteiger charge is 2.45. The smallest absolute Gasteiger partial charge is 0.343 e. The van der Waals surface area contributed by atoms with Gasteiger partial charge in [-0.05, 0) is 170 Å². The Labute approximate surface area is 408 Å². The van der Waals surface area contributed by atoms with Crippen LogP contribution in [0.1, 0.15) is 174 Å². The van der Waals surface area contributed by atoms with Crippen molar-refractivity contribution in [3.05, 3.63) is 114 Å². The van der Waals surface area contributed by atoms with Crippen LogP contribution in [0.3, 0.4) is 0 Å². The van der Waals surface area contributed by atoms with Gasteiger partial charge in [-0.2, -0.15) is 10.3 Å². The van der Waals surface area contributed by atoms with E-state index in [1.54, 1.807) is 12.1 Å². The number of carbonyl (C=O) groups is 2. The molecule has 4 aromatic rings. The van der Waals surface area contributed by atoms with E-state index in [4.69, 9.17) is 23.8 Å². The highest BCUT2D eigenvalue weighted by molar-refractivity contribution is 5.91. The molecule has 1 saturated heterocycles. The Morgan fingerprint density at radius 3 is 1.81 bits per heavy atom. The summed E-state index contributed by atoms with van der Waals surface area (Å²) in [7, 11) is 0. The van der Waals surface area contributed by atoms with Gasteiger partial charge in [0.15, 0.2) is 6.10 Å². The van der Waals surface area contributed by atoms with E-state index in [-0.39, 0.29) is 23.0 Å². The van der Waals surface area contributed by atoms with Gasteiger partial charge in [0.05, 0.1) is 36.9 Å². The van der Waals surface area contributed by atoms with E-state index in [0.29, 0.717) is 43.5 Å². The third-order valence-electron chi connectivity index (χ3n) is 13.5. The molecule has 5 rings (SSSR count). The van der Waals surface area contributed by atoms with Gasteiger partial charge in [-0.3, -0.25) is 4.84 Å². The first-order valence-corrected chi connectivity index (χ1v) is 25.5. The molecule has 0 saturated carbocycles. The van der Waals surface area contributed by atoms with Crippen LogP contribution >= 0.6 is 0 Å². The molecule has 68 heavy (non-hydrogen) atoms. The molecule has 0 N–H and O–H groups in total. The zero-order valence-electron chi connectivity index (χ0n) is 42.5. The Balaban J connectivity index is 0.970. The van der Waals surface area contributed by atoms with Gasteiger partial charge in [-0.15, -0.1) is 0 Å². The average Bonchev–Trinajstić information content (AvgIpc) is 3.33. The Bertz CT molecular complexity index is 2130. The molecule has 0 aromatic heterocycles. The second kappa shape index (κ2) is 26.5. The zero-order chi connectivity index (χ0) is 49.0. The van der Waals surface area contributed by atoms with Crippen molar-refractivity contribution < 1.29 is 33.4 Å². The molecule has 3 atom stereocenters. The topological polar surface area (TPSA) is 107 Å². The minimum Gasteiger partial charge on any atom is -0.494 e. The quantitative estimate of drug-likeness (QED) is 0.0312. The molecule has 0 amide bonds. The van der Waals surface area contributed by atoms with Gasteiger partial charge in [-0.25, -0.2) is 9.59 Å². The van der Waals surface area contributed by atoms with Crippen molar-refractivity contribution in [2.75, 3.05) is 19.8 Å². The van der Waals surface area contributed by atoms with Gasteiger partial charge in [0, 0.05) is 11.1 Å². The molecule has 0 spiro atoms. The Morgan fingerprint density at radius 2 is 1.24 bits per heavy atom. The summed E-state index contributed by atoms with van der Waals surface area (Å²) in [4.78, 5) is 33.6. The third-order valence-corrected chi connectivity index (χ3v) is 13.5. The lowest BCUT2D eigenvalue weighted by Crippen LogP contribution is -2.60. The van der Waals surface area contributed by atoms with Crippen LogP contribution in [0.2, 0.25) is 0 Å². The molecule has 0 bridgehead atoms. The number of nitriles is 1. The SMILES string of the molecule is CCC(C)COc1ccc(-c2ccc(OC(=O)c3ccc(OCCCCCCCCCCOC(=O)C(CC(CCC(C)(C)C#N)c4ccccc4)ON4C(C)(C)CCCC4(C)C)cc3)cc2)cc1. The number of nitrogens with zero attached hydrogens (tertiary/aromatic N) is 2. The summed E-state index contributed by atoms with van der Waals surface area (Å²) in [5.41, 5.74) is 2.81. The summed E-state index contributed by atoms with van der Waals surface area (Å²) in [6.45, 7) is 18.8. The molecule has 9 heteroatoms. The summed E-state index contributed by atoms with van der Waals surface area (Å²) in [6.07, 6.45) is 13.8. The summed E-state index contributed by atoms with van der Waals surface area (Å²) in [5, 5.41) is 11.8. The van der Waals surface area contributed by atoms with Gasteiger partial charge >= 0.3 is 11.9 Å². The van der Waals surface area contributed by atoms with E-state index < -0.39 is 17.5 Å². The van der Waals surface area contributed by atoms with E-state index in [1.165, 1.54) is 0 Å². The van der Waals surface area contributed by atoms with Crippen molar-refractivity contribution in [3.8, 4) is 34.4 Å². The molecule has 1 fully saturated rings. The first kappa shape index (κ1) is 53.8. The van der Waals surface area contributed by atoms with Gasteiger partial charge < -0.3 is 18.9 Å². The molecule has 4 aromatic carbocycles. The molecule has 3 unspecified atom stereocenters. The number of hydrogen-bond acceptors (Lipinski definition) is 9. The lowest BCUT2D eigenvalue weighted by molar-refractivity contribution is -0.304. The summed E-state index contributed by atoms with van der Waals surface area (Å²) >= 11 is 0. The molecule has 1 aliphatic rings. The van der Waals surface area contributed by atoms with Crippen LogP contribution in [0, 0.1) is 22.7 Å². The van der Waals surface area contributed by atoms with Crippen molar-refractivity contribution in [3.63, 3.8) is 0 Å². The molecule has 1 aliphatic heterocycles. The van der Waals surface area contributed by atoms with Crippen LogP contribution < -0.4 is 14.2 Å². The van der Waals surface area contributed by atoms with E-state index in [0.717, 1.165) is 118 Å². The monoisotopic (exact) mass is 929 g/mol. The minimum absolute atomic E-state index is 0.0421. The molecular formula is C59H80N2O7. The number of hydrogen-bond donors (Lipinski definition) is 0. The fourth-order valence-corrected chi connectivity index (χ4v) is 8.96. The van der Waals surface area contributed by atoms with E-state index in [9.17, 15) is 14.9 Å². The van der Waals surface area contributed by atoms with Crippen LogP contribution in [-0.4, -0.2) is 54.0 Å². The number of rotatable bonds is 28. The summed E-state index contributed by atoms with van der Waals surface area (Å²) in [6, 6.07) is 35.5. The van der Waals surface area contributed by atoms with Crippen molar-refractivity contribution in [2.24, 2.45) is 11.3 Å². The van der Waals surface area contributed by atoms with Crippen molar-refractivity contribution in [2.45, 2.75) is 175 Å². The number of benzene rings is 4. The van der Waals surface area contributed by atoms with Gasteiger partial charge in [0.2, 0.25) is 0 Å². The summed E-state index contributed by atoms with van der Waals surface area (Å²) in [5.74, 6) is 1.93. The number of ether oxygens (including phenoxy) is 4. The van der Waals surface area contributed by atoms with Crippen LogP contribution in [0.5, 0.6) is 17.2 Å². The van der Waals surface area contributed by atoms with Gasteiger partial charge in [-0.1, -0.05) is 113 Å². The first-order valence-electron chi connectivity index (χ1n) is 25.5. The lowest BCUT2D eigenvalue weighted by Gasteiger charge is -2.52. The highest BCUT2D eigenvalue weighted by Crippen LogP contribution is 2.41. The fourth-order valence-electron chi connectivity index (χ4n) is 8.96. The van der Waals surface area contributed by atoms with Crippen LogP contribution in [0.4, 0.5) is 0 Å². The zero-order valence-corrected chi connectivity index (χ0v) is 42.5. The third kappa shape index (κ3) is 17.4. The number of unbranched alkanes of at least 4 members (excludes halogenated alkanes) is 7.